The summed E-state index contributed by atoms with van der Waals surface area (Å²) in [5.74, 6) is 0. The number of benzene rings is 3. The molecule has 0 bridgehead atoms. The fourth-order valence-corrected chi connectivity index (χ4v) is 4.13. The van der Waals surface area contributed by atoms with E-state index in [0.29, 0.717) is 0 Å². The zero-order valence-corrected chi connectivity index (χ0v) is 12.9. The summed E-state index contributed by atoms with van der Waals surface area (Å²) in [7, 11) is 0. The molecular weight excluding hydrogens is 311 g/mol. The number of hydrogen-bond acceptors (Lipinski definition) is 1. The van der Waals surface area contributed by atoms with Gasteiger partial charge in [0.1, 0.15) is 0 Å². The Morgan fingerprint density at radius 2 is 1.65 bits per heavy atom. The minimum atomic E-state index is 0.232. The molecule has 0 unspecified atom stereocenters. The monoisotopic (exact) mass is 326 g/mol. The molecule has 2 heteroatoms. The van der Waals surface area contributed by atoms with Crippen LogP contribution >= 0.6 is 0 Å². The van der Waals surface area contributed by atoms with Crippen LogP contribution in [0.2, 0.25) is 0 Å². The molecule has 0 heterocycles. The van der Waals surface area contributed by atoms with Crippen LogP contribution in [0.4, 0.5) is 0 Å². The average molecular weight is 325 g/mol. The Bertz CT molecular complexity index is 760. The number of aldehydes is 1. The first-order valence-corrected chi connectivity index (χ1v) is 8.20. The quantitative estimate of drug-likeness (QED) is 0.534. The molecule has 0 N–H and O–H groups in total. The van der Waals surface area contributed by atoms with Crippen molar-refractivity contribution in [2.45, 2.75) is 6.92 Å². The van der Waals surface area contributed by atoms with E-state index in [1.807, 2.05) is 24.3 Å². The van der Waals surface area contributed by atoms with Crippen molar-refractivity contribution in [2.24, 2.45) is 0 Å². The first-order chi connectivity index (χ1) is 9.76. The molecule has 20 heavy (non-hydrogen) atoms. The molecule has 0 saturated carbocycles. The number of rotatable bonds is 3. The summed E-state index contributed by atoms with van der Waals surface area (Å²) in [6, 6.07) is 20.9. The summed E-state index contributed by atoms with van der Waals surface area (Å²) in [5, 5.41) is 2.17. The van der Waals surface area contributed by atoms with Crippen LogP contribution in [-0.2, 0) is 0 Å². The topological polar surface area (TPSA) is 17.1 Å². The summed E-state index contributed by atoms with van der Waals surface area (Å²) in [6.45, 7) is 2.09. The van der Waals surface area contributed by atoms with Gasteiger partial charge in [0.15, 0.2) is 0 Å². The maximum atomic E-state index is 11.3. The molecule has 0 aromatic heterocycles. The summed E-state index contributed by atoms with van der Waals surface area (Å²) in [4.78, 5) is 11.3. The van der Waals surface area contributed by atoms with Crippen molar-refractivity contribution in [2.75, 3.05) is 0 Å². The molecule has 1 nitrogen and oxygen atoms in total. The molecule has 0 fully saturated rings. The van der Waals surface area contributed by atoms with Crippen molar-refractivity contribution in [3.63, 3.8) is 0 Å². The zero-order valence-electron chi connectivity index (χ0n) is 11.2. The van der Waals surface area contributed by atoms with E-state index in [2.05, 4.69) is 43.3 Å². The normalized spacial score (nSPS) is 10.7. The van der Waals surface area contributed by atoms with E-state index in [0.717, 1.165) is 22.6 Å². The molecule has 0 aliphatic rings. The van der Waals surface area contributed by atoms with Gasteiger partial charge in [0.25, 0.3) is 0 Å². The summed E-state index contributed by atoms with van der Waals surface area (Å²) >= 11 is 0.232. The minimum absolute atomic E-state index is 0.232. The van der Waals surface area contributed by atoms with Crippen molar-refractivity contribution in [3.8, 4) is 0 Å². The maximum absolute atomic E-state index is 11.3. The van der Waals surface area contributed by atoms with Crippen molar-refractivity contribution >= 4 is 40.9 Å². The van der Waals surface area contributed by atoms with E-state index >= 15 is 0 Å². The fourth-order valence-electron chi connectivity index (χ4n) is 2.21. The molecule has 98 valence electrons. The van der Waals surface area contributed by atoms with Gasteiger partial charge < -0.3 is 0 Å². The predicted molar refractivity (Wildman–Crippen MR) is 85.5 cm³/mol. The van der Waals surface area contributed by atoms with E-state index in [9.17, 15) is 4.79 Å². The average Bonchev–Trinajstić information content (AvgIpc) is 2.49. The van der Waals surface area contributed by atoms with Crippen LogP contribution in [0.15, 0.2) is 60.7 Å². The van der Waals surface area contributed by atoms with Crippen molar-refractivity contribution in [3.05, 3.63) is 71.8 Å². The Morgan fingerprint density at radius 3 is 2.40 bits per heavy atom. The molecule has 0 saturated heterocycles. The molecule has 0 aliphatic heterocycles. The second kappa shape index (κ2) is 5.62. The van der Waals surface area contributed by atoms with E-state index in [1.54, 1.807) is 0 Å². The molecule has 0 radical (unpaired) electrons. The van der Waals surface area contributed by atoms with Gasteiger partial charge in [-0.3, -0.25) is 0 Å². The van der Waals surface area contributed by atoms with Gasteiger partial charge >= 0.3 is 124 Å². The summed E-state index contributed by atoms with van der Waals surface area (Å²) in [6.07, 6.45) is 0.955. The van der Waals surface area contributed by atoms with Crippen LogP contribution in [0.1, 0.15) is 15.9 Å². The van der Waals surface area contributed by atoms with Gasteiger partial charge in [0.2, 0.25) is 0 Å². The van der Waals surface area contributed by atoms with Gasteiger partial charge in [-0.25, -0.2) is 0 Å². The number of carbonyl (C=O) groups excluding carboxylic acids is 1. The van der Waals surface area contributed by atoms with Crippen molar-refractivity contribution in [1.29, 1.82) is 0 Å². The van der Waals surface area contributed by atoms with Crippen LogP contribution in [-0.4, -0.2) is 21.2 Å². The van der Waals surface area contributed by atoms with Crippen LogP contribution in [0.5, 0.6) is 0 Å². The summed E-state index contributed by atoms with van der Waals surface area (Å²) in [5.41, 5.74) is 2.06. The Kier molecular flexibility index (Phi) is 3.68. The molecule has 3 aromatic rings. The van der Waals surface area contributed by atoms with Gasteiger partial charge in [0, 0.05) is 0 Å². The third-order valence-electron chi connectivity index (χ3n) is 3.25. The number of hydrogen-bond donors (Lipinski definition) is 0. The first-order valence-electron chi connectivity index (χ1n) is 6.49. The van der Waals surface area contributed by atoms with E-state index in [1.165, 1.54) is 14.5 Å². The molecule has 0 amide bonds. The van der Waals surface area contributed by atoms with Gasteiger partial charge in [-0.15, -0.1) is 0 Å². The van der Waals surface area contributed by atoms with Crippen molar-refractivity contribution in [1.82, 2.24) is 0 Å². The van der Waals surface area contributed by atoms with Crippen LogP contribution < -0.4 is 8.92 Å². The Morgan fingerprint density at radius 1 is 0.900 bits per heavy atom. The number of fused-ring (bicyclic) bond motifs is 1. The second-order valence-electron chi connectivity index (χ2n) is 4.77. The van der Waals surface area contributed by atoms with Crippen LogP contribution in [0.25, 0.3) is 10.8 Å². The molecule has 3 rings (SSSR count). The molecular formula is C18H14OSe. The molecule has 0 spiro atoms. The molecule has 0 aliphatic carbocycles. The van der Waals surface area contributed by atoms with E-state index in [-0.39, 0.29) is 15.0 Å². The third-order valence-corrected chi connectivity index (χ3v) is 5.31. The van der Waals surface area contributed by atoms with Gasteiger partial charge in [-0.05, 0) is 0 Å². The van der Waals surface area contributed by atoms with Gasteiger partial charge in [0.05, 0.1) is 0 Å². The standard InChI is InChI=1S/C18H14OSe/c1-13-6-8-16(9-7-13)20-17-10-14-4-2-3-5-18(14)15(11-17)12-19/h2-12H,1H3. The fraction of sp³-hybridized carbons (Fsp3) is 0.0556. The second-order valence-corrected chi connectivity index (χ2v) is 7.17. The van der Waals surface area contributed by atoms with E-state index < -0.39 is 0 Å². The first kappa shape index (κ1) is 13.1. The van der Waals surface area contributed by atoms with Gasteiger partial charge in [-0.2, -0.15) is 0 Å². The van der Waals surface area contributed by atoms with Gasteiger partial charge in [-0.1, -0.05) is 0 Å². The Labute approximate surface area is 124 Å². The Hall–Kier alpha value is -1.89. The van der Waals surface area contributed by atoms with Crippen LogP contribution in [0, 0.1) is 6.92 Å². The predicted octanol–water partition coefficient (Wildman–Crippen LogP) is 2.62. The van der Waals surface area contributed by atoms with Crippen molar-refractivity contribution < 1.29 is 4.79 Å². The molecule has 0 atom stereocenters. The Balaban J connectivity index is 2.03. The van der Waals surface area contributed by atoms with Crippen LogP contribution in [0.3, 0.4) is 0 Å². The number of carbonyl (C=O) groups is 1. The summed E-state index contributed by atoms with van der Waals surface area (Å²) < 4.78 is 2.57. The molecule has 3 aromatic carbocycles. The number of aryl methyl sites for hydroxylation is 1. The zero-order chi connectivity index (χ0) is 13.9. The SMILES string of the molecule is Cc1ccc([Se]c2cc(C=O)c3ccccc3c2)cc1. The van der Waals surface area contributed by atoms with E-state index in [4.69, 9.17) is 0 Å². The third kappa shape index (κ3) is 2.67.